The lowest BCUT2D eigenvalue weighted by molar-refractivity contribution is -0.141. The molecule has 0 radical (unpaired) electrons. The van der Waals surface area contributed by atoms with Crippen molar-refractivity contribution in [2.24, 2.45) is 0 Å². The highest BCUT2D eigenvalue weighted by Gasteiger charge is 2.38. The zero-order valence-electron chi connectivity index (χ0n) is 15.9. The van der Waals surface area contributed by atoms with Crippen LogP contribution in [0, 0.1) is 0 Å². The van der Waals surface area contributed by atoms with Gasteiger partial charge in [-0.1, -0.05) is 22.0 Å². The first kappa shape index (κ1) is 21.1. The molecule has 0 aliphatic carbocycles. The molecule has 2 aromatic heterocycles. The Kier molecular flexibility index (Phi) is 5.56. The van der Waals surface area contributed by atoms with Crippen molar-refractivity contribution < 1.29 is 22.8 Å². The second-order valence-electron chi connectivity index (χ2n) is 6.93. The molecule has 3 aromatic rings. The lowest BCUT2D eigenvalue weighted by atomic mass is 10.0. The van der Waals surface area contributed by atoms with Crippen LogP contribution in [0.5, 0.6) is 0 Å². The second kappa shape index (κ2) is 8.17. The van der Waals surface area contributed by atoms with Gasteiger partial charge in [-0.25, -0.2) is 9.67 Å². The van der Waals surface area contributed by atoms with Gasteiger partial charge in [0, 0.05) is 23.8 Å². The number of alkyl halides is 3. The van der Waals surface area contributed by atoms with Crippen LogP contribution in [0.2, 0.25) is 0 Å². The fraction of sp³-hybridized carbons (Fsp3) is 0.263. The van der Waals surface area contributed by atoms with Crippen LogP contribution in [0.15, 0.2) is 47.5 Å². The highest BCUT2D eigenvalue weighted by Crippen LogP contribution is 2.29. The van der Waals surface area contributed by atoms with Crippen LogP contribution in [0.25, 0.3) is 5.69 Å². The predicted octanol–water partition coefficient (Wildman–Crippen LogP) is 3.02. The number of benzene rings is 1. The molecular weight excluding hydrogens is 481 g/mol. The quantitative estimate of drug-likeness (QED) is 0.567. The standard InChI is InChI=1S/C19H16BrF3N6O2/c20-12-2-1-3-13(6-12)29-9-11(7-27-29)18(31)28-5-4-14(28)8-24-17(30)15-16(19(21,22)23)26-10-25-15/h1-3,6-7,9-10,14H,4-5,8H2,(H,24,30)(H,25,26). The Hall–Kier alpha value is -3.15. The number of H-pyrrole nitrogens is 1. The van der Waals surface area contributed by atoms with E-state index in [4.69, 9.17) is 0 Å². The van der Waals surface area contributed by atoms with Crippen LogP contribution in [0.3, 0.4) is 0 Å². The van der Waals surface area contributed by atoms with Gasteiger partial charge in [0.15, 0.2) is 11.4 Å². The number of carbonyl (C=O) groups is 2. The van der Waals surface area contributed by atoms with Crippen LogP contribution in [0.1, 0.15) is 33.0 Å². The summed E-state index contributed by atoms with van der Waals surface area (Å²) >= 11 is 3.39. The number of aromatic amines is 1. The number of amides is 2. The maximum absolute atomic E-state index is 12.9. The summed E-state index contributed by atoms with van der Waals surface area (Å²) in [7, 11) is 0. The van der Waals surface area contributed by atoms with Crippen LogP contribution in [-0.2, 0) is 6.18 Å². The van der Waals surface area contributed by atoms with Gasteiger partial charge in [0.2, 0.25) is 0 Å². The molecule has 8 nitrogen and oxygen atoms in total. The highest BCUT2D eigenvalue weighted by atomic mass is 79.9. The number of aromatic nitrogens is 4. The fourth-order valence-electron chi connectivity index (χ4n) is 3.26. The first-order valence-electron chi connectivity index (χ1n) is 9.24. The number of imidazole rings is 1. The molecule has 3 heterocycles. The molecule has 1 unspecified atom stereocenters. The largest absolute Gasteiger partial charge is 0.433 e. The molecule has 1 aliphatic rings. The van der Waals surface area contributed by atoms with Crippen LogP contribution in [-0.4, -0.2) is 55.6 Å². The van der Waals surface area contributed by atoms with Gasteiger partial charge in [-0.05, 0) is 24.6 Å². The summed E-state index contributed by atoms with van der Waals surface area (Å²) in [5.41, 5.74) is -0.769. The van der Waals surface area contributed by atoms with E-state index in [9.17, 15) is 22.8 Å². The summed E-state index contributed by atoms with van der Waals surface area (Å²) in [5.74, 6) is -1.21. The van der Waals surface area contributed by atoms with E-state index in [1.165, 1.54) is 6.20 Å². The van der Waals surface area contributed by atoms with Gasteiger partial charge in [-0.2, -0.15) is 18.3 Å². The number of nitrogens with zero attached hydrogens (tertiary/aromatic N) is 4. The van der Waals surface area contributed by atoms with Crippen molar-refractivity contribution in [3.05, 3.63) is 64.4 Å². The first-order chi connectivity index (χ1) is 14.7. The molecule has 0 spiro atoms. The van der Waals surface area contributed by atoms with Crippen LogP contribution < -0.4 is 5.32 Å². The van der Waals surface area contributed by atoms with Crippen LogP contribution >= 0.6 is 15.9 Å². The monoisotopic (exact) mass is 496 g/mol. The van der Waals surface area contributed by atoms with Crippen molar-refractivity contribution in [1.82, 2.24) is 30.0 Å². The van der Waals surface area contributed by atoms with Crippen molar-refractivity contribution in [3.8, 4) is 5.69 Å². The van der Waals surface area contributed by atoms with E-state index in [1.54, 1.807) is 15.8 Å². The van der Waals surface area contributed by atoms with E-state index < -0.39 is 23.5 Å². The van der Waals surface area contributed by atoms with Gasteiger partial charge in [-0.3, -0.25) is 9.59 Å². The summed E-state index contributed by atoms with van der Waals surface area (Å²) in [4.78, 5) is 31.9. The van der Waals surface area contributed by atoms with Gasteiger partial charge in [0.05, 0.1) is 29.8 Å². The third-order valence-corrected chi connectivity index (χ3v) is 5.44. The number of carbonyl (C=O) groups excluding carboxylic acids is 2. The SMILES string of the molecule is O=C(NCC1CCN1C(=O)c1cnn(-c2cccc(Br)c2)c1)c1nc[nH]c1C(F)(F)F. The van der Waals surface area contributed by atoms with E-state index in [2.05, 4.69) is 31.3 Å². The number of rotatable bonds is 5. The molecular formula is C19H16BrF3N6O2. The highest BCUT2D eigenvalue weighted by molar-refractivity contribution is 9.10. The zero-order valence-corrected chi connectivity index (χ0v) is 17.4. The summed E-state index contributed by atoms with van der Waals surface area (Å²) in [5, 5.41) is 6.65. The molecule has 1 atom stereocenters. The maximum Gasteiger partial charge on any atom is 0.433 e. The van der Waals surface area contributed by atoms with Gasteiger partial charge in [0.25, 0.3) is 11.8 Å². The number of likely N-dealkylation sites (tertiary alicyclic amines) is 1. The van der Waals surface area contributed by atoms with E-state index in [1.807, 2.05) is 29.2 Å². The summed E-state index contributed by atoms with van der Waals surface area (Å²) in [6.07, 6.45) is -0.206. The molecule has 0 saturated carbocycles. The number of hydrogen-bond acceptors (Lipinski definition) is 4. The molecule has 1 fully saturated rings. The fourth-order valence-corrected chi connectivity index (χ4v) is 3.64. The Morgan fingerprint density at radius 1 is 1.32 bits per heavy atom. The Labute approximate surface area is 182 Å². The minimum Gasteiger partial charge on any atom is -0.349 e. The lowest BCUT2D eigenvalue weighted by Gasteiger charge is -2.40. The van der Waals surface area contributed by atoms with Crippen molar-refractivity contribution >= 4 is 27.7 Å². The van der Waals surface area contributed by atoms with E-state index in [-0.39, 0.29) is 18.5 Å². The van der Waals surface area contributed by atoms with Gasteiger partial charge in [-0.15, -0.1) is 0 Å². The van der Waals surface area contributed by atoms with Crippen molar-refractivity contribution in [2.75, 3.05) is 13.1 Å². The Bertz CT molecular complexity index is 1130. The molecule has 1 aliphatic heterocycles. The van der Waals surface area contributed by atoms with Crippen LogP contribution in [0.4, 0.5) is 13.2 Å². The van der Waals surface area contributed by atoms with Gasteiger partial charge in [0.1, 0.15) is 0 Å². The van der Waals surface area contributed by atoms with E-state index in [0.717, 1.165) is 16.5 Å². The molecule has 2 amide bonds. The Morgan fingerprint density at radius 2 is 2.13 bits per heavy atom. The lowest BCUT2D eigenvalue weighted by Crippen LogP contribution is -2.56. The predicted molar refractivity (Wildman–Crippen MR) is 107 cm³/mol. The zero-order chi connectivity index (χ0) is 22.2. The van der Waals surface area contributed by atoms with E-state index >= 15 is 0 Å². The molecule has 4 rings (SSSR count). The number of halogens is 4. The van der Waals surface area contributed by atoms with Crippen molar-refractivity contribution in [1.29, 1.82) is 0 Å². The molecule has 1 aromatic carbocycles. The molecule has 31 heavy (non-hydrogen) atoms. The van der Waals surface area contributed by atoms with Gasteiger partial charge >= 0.3 is 6.18 Å². The molecule has 2 N–H and O–H groups in total. The smallest absolute Gasteiger partial charge is 0.349 e. The second-order valence-corrected chi connectivity index (χ2v) is 7.84. The third kappa shape index (κ3) is 4.33. The Balaban J connectivity index is 1.38. The normalized spacial score (nSPS) is 16.1. The van der Waals surface area contributed by atoms with E-state index in [0.29, 0.717) is 18.5 Å². The third-order valence-electron chi connectivity index (χ3n) is 4.94. The average Bonchev–Trinajstić information content (AvgIpc) is 3.37. The van der Waals surface area contributed by atoms with Gasteiger partial charge < -0.3 is 15.2 Å². The number of hydrogen-bond donors (Lipinski definition) is 2. The summed E-state index contributed by atoms with van der Waals surface area (Å²) < 4.78 is 41.2. The molecule has 12 heteroatoms. The van der Waals surface area contributed by atoms with Crippen molar-refractivity contribution in [2.45, 2.75) is 18.6 Å². The summed E-state index contributed by atoms with van der Waals surface area (Å²) in [6.45, 7) is 0.506. The average molecular weight is 497 g/mol. The minimum absolute atomic E-state index is 0.0223. The van der Waals surface area contributed by atoms with Crippen molar-refractivity contribution in [3.63, 3.8) is 0 Å². The molecule has 0 bridgehead atoms. The molecule has 1 saturated heterocycles. The minimum atomic E-state index is -4.71. The maximum atomic E-state index is 12.9. The first-order valence-corrected chi connectivity index (χ1v) is 10.0. The summed E-state index contributed by atoms with van der Waals surface area (Å²) in [6, 6.07) is 7.10. The number of nitrogens with one attached hydrogen (secondary N) is 2. The topological polar surface area (TPSA) is 95.9 Å². The Morgan fingerprint density at radius 3 is 2.81 bits per heavy atom. The molecule has 162 valence electrons.